The number of anilines is 1. The van der Waals surface area contributed by atoms with Crippen LogP contribution in [-0.2, 0) is 6.54 Å². The van der Waals surface area contributed by atoms with Crippen molar-refractivity contribution in [3.8, 4) is 11.5 Å². The summed E-state index contributed by atoms with van der Waals surface area (Å²) in [4.78, 5) is 11.1. The zero-order chi connectivity index (χ0) is 13.2. The topological polar surface area (TPSA) is 66.5 Å². The molecule has 0 aliphatic carbocycles. The maximum atomic E-state index is 11.1. The maximum absolute atomic E-state index is 11.1. The zero-order valence-electron chi connectivity index (χ0n) is 10.3. The Labute approximate surface area is 110 Å². The van der Waals surface area contributed by atoms with E-state index >= 15 is 0 Å². The molecule has 5 heteroatoms. The molecular weight excluding hydrogens is 244 g/mol. The number of nitrogens with zero attached hydrogens (tertiary/aromatic N) is 1. The highest BCUT2D eigenvalue weighted by Gasteiger charge is 2.14. The molecule has 1 aliphatic rings. The van der Waals surface area contributed by atoms with Crippen molar-refractivity contribution in [1.82, 2.24) is 4.57 Å². The number of benzene rings is 1. The molecule has 2 N–H and O–H groups in total. The molecule has 5 nitrogen and oxygen atoms in total. The summed E-state index contributed by atoms with van der Waals surface area (Å²) in [6, 6.07) is 6.72. The molecule has 0 unspecified atom stereocenters. The lowest BCUT2D eigenvalue weighted by molar-refractivity contribution is 0.171. The minimum atomic E-state index is -0.00797. The second-order valence-electron chi connectivity index (χ2n) is 4.40. The molecule has 0 fully saturated rings. The maximum Gasteiger partial charge on any atom is 0.181 e. The van der Waals surface area contributed by atoms with E-state index in [-0.39, 0.29) is 5.43 Å². The monoisotopic (exact) mass is 258 g/mol. The van der Waals surface area contributed by atoms with E-state index in [1.54, 1.807) is 18.5 Å². The van der Waals surface area contributed by atoms with Gasteiger partial charge in [-0.1, -0.05) is 0 Å². The summed E-state index contributed by atoms with van der Waals surface area (Å²) in [5, 5.41) is 0. The van der Waals surface area contributed by atoms with Crippen LogP contribution in [0.15, 0.2) is 41.5 Å². The summed E-state index contributed by atoms with van der Waals surface area (Å²) in [6.45, 7) is 1.68. The van der Waals surface area contributed by atoms with Crippen LogP contribution < -0.4 is 20.6 Å². The lowest BCUT2D eigenvalue weighted by atomic mass is 10.1. The highest BCUT2D eigenvalue weighted by molar-refractivity contribution is 5.58. The molecule has 3 rings (SSSR count). The molecule has 2 heterocycles. The molecule has 0 radical (unpaired) electrons. The Hall–Kier alpha value is -2.43. The fourth-order valence-corrected chi connectivity index (χ4v) is 2.03. The number of hydrogen-bond donors (Lipinski definition) is 1. The first kappa shape index (κ1) is 11.6. The first-order valence-corrected chi connectivity index (χ1v) is 6.06. The lowest BCUT2D eigenvalue weighted by Gasteiger charge is -2.20. The summed E-state index contributed by atoms with van der Waals surface area (Å²) in [7, 11) is 0. The third-order valence-electron chi connectivity index (χ3n) is 3.02. The summed E-state index contributed by atoms with van der Waals surface area (Å²) < 4.78 is 12.9. The summed E-state index contributed by atoms with van der Waals surface area (Å²) in [5.41, 5.74) is 7.60. The molecule has 0 atom stereocenters. The molecule has 19 heavy (non-hydrogen) atoms. The predicted octanol–water partition coefficient (Wildman–Crippen LogP) is 1.25. The molecule has 1 aliphatic heterocycles. The number of nitrogen functional groups attached to an aromatic ring is 1. The van der Waals surface area contributed by atoms with Crippen molar-refractivity contribution in [3.63, 3.8) is 0 Å². The molecule has 0 saturated heterocycles. The van der Waals surface area contributed by atoms with Crippen molar-refractivity contribution in [2.75, 3.05) is 18.9 Å². The van der Waals surface area contributed by atoms with Crippen LogP contribution in [-0.4, -0.2) is 17.8 Å². The van der Waals surface area contributed by atoms with E-state index in [4.69, 9.17) is 15.2 Å². The van der Waals surface area contributed by atoms with Crippen LogP contribution in [0, 0.1) is 0 Å². The van der Waals surface area contributed by atoms with E-state index in [0.717, 1.165) is 11.3 Å². The standard InChI is InChI=1S/C14H14N2O3/c15-12-8-14-13(18-5-6-19-14)7-10(12)9-16-3-1-11(17)2-4-16/h1-4,7-8H,5-6,9,15H2. The van der Waals surface area contributed by atoms with Gasteiger partial charge in [0.2, 0.25) is 0 Å². The molecule has 0 saturated carbocycles. The van der Waals surface area contributed by atoms with Gasteiger partial charge in [-0.05, 0) is 11.6 Å². The molecule has 1 aromatic carbocycles. The number of rotatable bonds is 2. The smallest absolute Gasteiger partial charge is 0.181 e. The third-order valence-corrected chi connectivity index (χ3v) is 3.02. The third kappa shape index (κ3) is 2.40. The van der Waals surface area contributed by atoms with E-state index in [1.807, 2.05) is 10.6 Å². The first-order valence-electron chi connectivity index (χ1n) is 6.06. The first-order chi connectivity index (χ1) is 9.22. The van der Waals surface area contributed by atoms with Crippen LogP contribution in [0.25, 0.3) is 0 Å². The van der Waals surface area contributed by atoms with Gasteiger partial charge >= 0.3 is 0 Å². The van der Waals surface area contributed by atoms with Gasteiger partial charge in [0.15, 0.2) is 16.9 Å². The number of aromatic nitrogens is 1. The Morgan fingerprint density at radius 3 is 2.42 bits per heavy atom. The number of nitrogens with two attached hydrogens (primary N) is 1. The van der Waals surface area contributed by atoms with Gasteiger partial charge in [-0.15, -0.1) is 0 Å². The van der Waals surface area contributed by atoms with E-state index in [0.29, 0.717) is 31.2 Å². The van der Waals surface area contributed by atoms with Crippen molar-refractivity contribution < 1.29 is 9.47 Å². The molecule has 0 bridgehead atoms. The van der Waals surface area contributed by atoms with Gasteiger partial charge in [0.25, 0.3) is 0 Å². The highest BCUT2D eigenvalue weighted by Crippen LogP contribution is 2.34. The van der Waals surface area contributed by atoms with E-state index < -0.39 is 0 Å². The van der Waals surface area contributed by atoms with Crippen molar-refractivity contribution >= 4 is 5.69 Å². The van der Waals surface area contributed by atoms with Crippen LogP contribution in [0.3, 0.4) is 0 Å². The Morgan fingerprint density at radius 2 is 1.74 bits per heavy atom. The minimum Gasteiger partial charge on any atom is -0.486 e. The molecular formula is C14H14N2O3. The van der Waals surface area contributed by atoms with Gasteiger partial charge in [-0.25, -0.2) is 0 Å². The van der Waals surface area contributed by atoms with Gasteiger partial charge in [0, 0.05) is 42.8 Å². The SMILES string of the molecule is Nc1cc2c(cc1Cn1ccc(=O)cc1)OCCO2. The van der Waals surface area contributed by atoms with Gasteiger partial charge < -0.3 is 19.8 Å². The highest BCUT2D eigenvalue weighted by atomic mass is 16.6. The largest absolute Gasteiger partial charge is 0.486 e. The van der Waals surface area contributed by atoms with Gasteiger partial charge in [0.05, 0.1) is 0 Å². The van der Waals surface area contributed by atoms with Crippen LogP contribution in [0.4, 0.5) is 5.69 Å². The second kappa shape index (κ2) is 4.68. The number of hydrogen-bond acceptors (Lipinski definition) is 4. The van der Waals surface area contributed by atoms with Crippen LogP contribution in [0.1, 0.15) is 5.56 Å². The van der Waals surface area contributed by atoms with E-state index in [9.17, 15) is 4.79 Å². The molecule has 0 amide bonds. The van der Waals surface area contributed by atoms with Crippen LogP contribution in [0.5, 0.6) is 11.5 Å². The fraction of sp³-hybridized carbons (Fsp3) is 0.214. The Morgan fingerprint density at radius 1 is 1.11 bits per heavy atom. The quantitative estimate of drug-likeness (QED) is 0.823. The van der Waals surface area contributed by atoms with Gasteiger partial charge in [-0.2, -0.15) is 0 Å². The Balaban J connectivity index is 1.92. The summed E-state index contributed by atoms with van der Waals surface area (Å²) in [5.74, 6) is 1.41. The molecule has 1 aromatic heterocycles. The molecule has 98 valence electrons. The second-order valence-corrected chi connectivity index (χ2v) is 4.40. The van der Waals surface area contributed by atoms with Gasteiger partial charge in [0.1, 0.15) is 13.2 Å². The molecule has 0 spiro atoms. The number of pyridine rings is 1. The number of fused-ring (bicyclic) bond motifs is 1. The average molecular weight is 258 g/mol. The van der Waals surface area contributed by atoms with E-state index in [2.05, 4.69) is 0 Å². The fourth-order valence-electron chi connectivity index (χ4n) is 2.03. The van der Waals surface area contributed by atoms with Crippen molar-refractivity contribution in [1.29, 1.82) is 0 Å². The van der Waals surface area contributed by atoms with Crippen LogP contribution in [0.2, 0.25) is 0 Å². The summed E-state index contributed by atoms with van der Waals surface area (Å²) in [6.07, 6.45) is 3.47. The van der Waals surface area contributed by atoms with E-state index in [1.165, 1.54) is 12.1 Å². The lowest BCUT2D eigenvalue weighted by Crippen LogP contribution is -2.16. The Kier molecular flexibility index (Phi) is 2.87. The predicted molar refractivity (Wildman–Crippen MR) is 71.6 cm³/mol. The number of ether oxygens (including phenoxy) is 2. The van der Waals surface area contributed by atoms with Gasteiger partial charge in [-0.3, -0.25) is 4.79 Å². The molecule has 2 aromatic rings. The van der Waals surface area contributed by atoms with Crippen molar-refractivity contribution in [3.05, 3.63) is 52.4 Å². The van der Waals surface area contributed by atoms with Crippen LogP contribution >= 0.6 is 0 Å². The summed E-state index contributed by atoms with van der Waals surface area (Å²) >= 11 is 0. The Bertz CT molecular complexity index is 644. The minimum absolute atomic E-state index is 0.00797. The van der Waals surface area contributed by atoms with Crippen molar-refractivity contribution in [2.24, 2.45) is 0 Å². The normalized spacial score (nSPS) is 13.3. The average Bonchev–Trinajstić information content (AvgIpc) is 2.42. The zero-order valence-corrected chi connectivity index (χ0v) is 10.3. The van der Waals surface area contributed by atoms with Crippen molar-refractivity contribution in [2.45, 2.75) is 6.54 Å².